The van der Waals surface area contributed by atoms with Gasteiger partial charge < -0.3 is 25.4 Å². The summed E-state index contributed by atoms with van der Waals surface area (Å²) in [5, 5.41) is 2.50. The van der Waals surface area contributed by atoms with Crippen LogP contribution in [0.5, 0.6) is 5.75 Å². The van der Waals surface area contributed by atoms with E-state index in [0.717, 1.165) is 56.0 Å². The van der Waals surface area contributed by atoms with Crippen molar-refractivity contribution in [3.8, 4) is 5.75 Å². The molecule has 0 atom stereocenters. The van der Waals surface area contributed by atoms with Gasteiger partial charge >= 0.3 is 6.09 Å². The van der Waals surface area contributed by atoms with Gasteiger partial charge in [-0.25, -0.2) is 4.79 Å². The Bertz CT molecular complexity index is 854. The van der Waals surface area contributed by atoms with Gasteiger partial charge in [-0.05, 0) is 94.4 Å². The molecule has 0 bridgehead atoms. The lowest BCUT2D eigenvalue weighted by Gasteiger charge is -2.52. The number of benzene rings is 1. The maximum absolute atomic E-state index is 12.1. The number of primary amides is 1. The summed E-state index contributed by atoms with van der Waals surface area (Å²) in [6.45, 7) is 7.68. The minimum Gasteiger partial charge on any atom is -0.494 e. The molecule has 1 saturated heterocycles. The summed E-state index contributed by atoms with van der Waals surface area (Å²) in [5.41, 5.74) is 6.78. The second-order valence-corrected chi connectivity index (χ2v) is 9.81. The number of nitrogens with one attached hydrogen (secondary N) is 1. The van der Waals surface area contributed by atoms with Crippen LogP contribution in [0, 0.1) is 18.3 Å². The SMILES string of the molecule is Cc1cc(OCCCC2CC3(CCN(C(=O)OC(C)C)CC3)C2)ccc1C(=O)NCC(N)=O. The first-order valence-electron chi connectivity index (χ1n) is 11.9. The third-order valence-corrected chi connectivity index (χ3v) is 6.75. The third kappa shape index (κ3) is 6.85. The van der Waals surface area contributed by atoms with Gasteiger partial charge in [-0.1, -0.05) is 0 Å². The van der Waals surface area contributed by atoms with E-state index in [4.69, 9.17) is 15.2 Å². The van der Waals surface area contributed by atoms with Crippen molar-refractivity contribution in [2.24, 2.45) is 17.1 Å². The number of nitrogens with zero attached hydrogens (tertiary/aromatic N) is 1. The number of amides is 3. The van der Waals surface area contributed by atoms with Crippen LogP contribution in [0.3, 0.4) is 0 Å². The van der Waals surface area contributed by atoms with E-state index in [-0.39, 0.29) is 24.6 Å². The van der Waals surface area contributed by atoms with E-state index in [1.165, 1.54) is 12.8 Å². The molecule has 8 nitrogen and oxygen atoms in total. The first-order valence-corrected chi connectivity index (χ1v) is 11.9. The number of piperidine rings is 1. The number of hydrogen-bond donors (Lipinski definition) is 2. The van der Waals surface area contributed by atoms with Crippen LogP contribution in [-0.4, -0.2) is 55.2 Å². The number of aryl methyl sites for hydroxylation is 1. The van der Waals surface area contributed by atoms with E-state index >= 15 is 0 Å². The molecule has 182 valence electrons. The zero-order valence-electron chi connectivity index (χ0n) is 20.0. The summed E-state index contributed by atoms with van der Waals surface area (Å²) in [6.07, 6.45) is 6.53. The Morgan fingerprint density at radius 2 is 1.91 bits per heavy atom. The van der Waals surface area contributed by atoms with Crippen molar-refractivity contribution in [1.82, 2.24) is 10.2 Å². The zero-order chi connectivity index (χ0) is 24.0. The Morgan fingerprint density at radius 1 is 1.21 bits per heavy atom. The lowest BCUT2D eigenvalue weighted by Crippen LogP contribution is -2.49. The van der Waals surface area contributed by atoms with Crippen LogP contribution < -0.4 is 15.8 Å². The molecule has 3 amide bonds. The van der Waals surface area contributed by atoms with Gasteiger partial charge in [-0.2, -0.15) is 0 Å². The fraction of sp³-hybridized carbons (Fsp3) is 0.640. The van der Waals surface area contributed by atoms with E-state index in [9.17, 15) is 14.4 Å². The molecule has 0 aromatic heterocycles. The molecule has 0 unspecified atom stereocenters. The summed E-state index contributed by atoms with van der Waals surface area (Å²) in [6, 6.07) is 5.33. The Morgan fingerprint density at radius 3 is 2.52 bits per heavy atom. The summed E-state index contributed by atoms with van der Waals surface area (Å²) in [5.74, 6) is 0.583. The molecule has 33 heavy (non-hydrogen) atoms. The number of rotatable bonds is 9. The van der Waals surface area contributed by atoms with Gasteiger partial charge in [0.15, 0.2) is 0 Å². The number of likely N-dealkylation sites (tertiary alicyclic amines) is 1. The van der Waals surface area contributed by atoms with Crippen LogP contribution in [-0.2, 0) is 9.53 Å². The topological polar surface area (TPSA) is 111 Å². The molecule has 1 saturated carbocycles. The number of carbonyl (C=O) groups excluding carboxylic acids is 3. The quantitative estimate of drug-likeness (QED) is 0.550. The average molecular weight is 460 g/mol. The van der Waals surface area contributed by atoms with Gasteiger partial charge in [0.05, 0.1) is 19.3 Å². The minimum absolute atomic E-state index is 0.0710. The molecular weight excluding hydrogens is 422 g/mol. The second kappa shape index (κ2) is 10.9. The summed E-state index contributed by atoms with van der Waals surface area (Å²) in [4.78, 5) is 36.8. The van der Waals surface area contributed by atoms with Gasteiger partial charge in [0, 0.05) is 18.7 Å². The highest BCUT2D eigenvalue weighted by Crippen LogP contribution is 2.54. The highest BCUT2D eigenvalue weighted by molar-refractivity contribution is 5.97. The van der Waals surface area contributed by atoms with Crippen molar-refractivity contribution in [2.45, 2.75) is 65.4 Å². The van der Waals surface area contributed by atoms with Gasteiger partial charge in [0.25, 0.3) is 5.91 Å². The molecule has 1 spiro atoms. The molecule has 1 heterocycles. The molecule has 3 N–H and O–H groups in total. The normalized spacial score (nSPS) is 17.5. The Labute approximate surface area is 196 Å². The van der Waals surface area contributed by atoms with Crippen molar-refractivity contribution in [3.05, 3.63) is 29.3 Å². The Balaban J connectivity index is 1.33. The Hall–Kier alpha value is -2.77. The van der Waals surface area contributed by atoms with Crippen LogP contribution in [0.2, 0.25) is 0 Å². The smallest absolute Gasteiger partial charge is 0.410 e. The van der Waals surface area contributed by atoms with Crippen LogP contribution in [0.25, 0.3) is 0 Å². The maximum atomic E-state index is 12.1. The van der Waals surface area contributed by atoms with E-state index in [2.05, 4.69) is 5.32 Å². The van der Waals surface area contributed by atoms with Crippen molar-refractivity contribution < 1.29 is 23.9 Å². The molecule has 8 heteroatoms. The molecular formula is C25H37N3O5. The standard InChI is InChI=1S/C25H37N3O5/c1-17(2)33-24(31)28-10-8-25(9-11-28)14-19(15-25)5-4-12-32-20-6-7-21(18(3)13-20)23(30)27-16-22(26)29/h6-7,13,17,19H,4-5,8-12,14-16H2,1-3H3,(H2,26,29)(H,27,30). The molecule has 2 aliphatic rings. The second-order valence-electron chi connectivity index (χ2n) is 9.81. The van der Waals surface area contributed by atoms with Crippen molar-refractivity contribution in [3.63, 3.8) is 0 Å². The van der Waals surface area contributed by atoms with Gasteiger partial charge in [0.2, 0.25) is 5.91 Å². The van der Waals surface area contributed by atoms with Crippen molar-refractivity contribution >= 4 is 17.9 Å². The predicted octanol–water partition coefficient (Wildman–Crippen LogP) is 3.41. The largest absolute Gasteiger partial charge is 0.494 e. The van der Waals surface area contributed by atoms with Crippen molar-refractivity contribution in [2.75, 3.05) is 26.2 Å². The van der Waals surface area contributed by atoms with Crippen LogP contribution in [0.4, 0.5) is 4.79 Å². The van der Waals surface area contributed by atoms with Crippen molar-refractivity contribution in [1.29, 1.82) is 0 Å². The number of carbonyl (C=O) groups is 3. The van der Waals surface area contributed by atoms with E-state index in [1.54, 1.807) is 12.1 Å². The van der Waals surface area contributed by atoms with Gasteiger partial charge in [-0.15, -0.1) is 0 Å². The van der Waals surface area contributed by atoms with E-state index in [0.29, 0.717) is 17.6 Å². The Kier molecular flexibility index (Phi) is 8.21. The molecule has 1 aliphatic heterocycles. The number of nitrogens with two attached hydrogens (primary N) is 1. The van der Waals surface area contributed by atoms with Gasteiger partial charge in [-0.3, -0.25) is 9.59 Å². The highest BCUT2D eigenvalue weighted by Gasteiger charge is 2.46. The fourth-order valence-electron chi connectivity index (χ4n) is 5.02. The lowest BCUT2D eigenvalue weighted by atomic mass is 9.56. The molecule has 1 aromatic carbocycles. The molecule has 2 fully saturated rings. The minimum atomic E-state index is -0.574. The zero-order valence-corrected chi connectivity index (χ0v) is 20.0. The molecule has 0 radical (unpaired) electrons. The molecule has 1 aromatic rings. The summed E-state index contributed by atoms with van der Waals surface area (Å²) < 4.78 is 11.2. The molecule has 3 rings (SSSR count). The summed E-state index contributed by atoms with van der Waals surface area (Å²) in [7, 11) is 0. The third-order valence-electron chi connectivity index (χ3n) is 6.75. The predicted molar refractivity (Wildman–Crippen MR) is 125 cm³/mol. The molecule has 1 aliphatic carbocycles. The maximum Gasteiger partial charge on any atom is 0.410 e. The number of ether oxygens (including phenoxy) is 2. The lowest BCUT2D eigenvalue weighted by molar-refractivity contribution is -0.117. The fourth-order valence-corrected chi connectivity index (χ4v) is 5.02. The first-order chi connectivity index (χ1) is 15.7. The monoisotopic (exact) mass is 459 g/mol. The average Bonchev–Trinajstić information content (AvgIpc) is 2.73. The summed E-state index contributed by atoms with van der Waals surface area (Å²) >= 11 is 0. The van der Waals surface area contributed by atoms with Crippen LogP contribution >= 0.6 is 0 Å². The van der Waals surface area contributed by atoms with Gasteiger partial charge in [0.1, 0.15) is 5.75 Å². The number of hydrogen-bond acceptors (Lipinski definition) is 5. The van der Waals surface area contributed by atoms with Crippen LogP contribution in [0.15, 0.2) is 18.2 Å². The van der Waals surface area contributed by atoms with E-state index in [1.807, 2.05) is 31.7 Å². The first kappa shape index (κ1) is 24.9. The van der Waals surface area contributed by atoms with Crippen LogP contribution in [0.1, 0.15) is 68.3 Å². The highest BCUT2D eigenvalue weighted by atomic mass is 16.6. The van der Waals surface area contributed by atoms with E-state index < -0.39 is 5.91 Å².